The van der Waals surface area contributed by atoms with E-state index in [1.807, 2.05) is 0 Å². The fourth-order valence-corrected chi connectivity index (χ4v) is 7.00. The van der Waals surface area contributed by atoms with E-state index >= 15 is 0 Å². The van der Waals surface area contributed by atoms with Crippen molar-refractivity contribution >= 4 is 43.2 Å². The number of nitrogens with zero attached hydrogens (tertiary/aromatic N) is 2. The molecule has 1 aliphatic heterocycles. The monoisotopic (exact) mass is 466 g/mol. The number of benzene rings is 2. The maximum Gasteiger partial charge on any atom is 0.246 e. The van der Waals surface area contributed by atoms with Crippen molar-refractivity contribution in [3.05, 3.63) is 58.3 Å². The van der Waals surface area contributed by atoms with Crippen molar-refractivity contribution in [2.75, 3.05) is 26.2 Å². The summed E-state index contributed by atoms with van der Waals surface area (Å²) in [4.78, 5) is -0.229. The SMILES string of the molecule is O=S(=O)(c1ccc(F)cc1)N1CCCN(S(=O)(=O)c2c(Cl)cccc2Cl)CC1. The van der Waals surface area contributed by atoms with Gasteiger partial charge in [-0.05, 0) is 42.8 Å². The predicted octanol–water partition coefficient (Wildman–Crippen LogP) is 3.22. The van der Waals surface area contributed by atoms with Gasteiger partial charge in [-0.25, -0.2) is 21.2 Å². The van der Waals surface area contributed by atoms with Crippen molar-refractivity contribution in [2.24, 2.45) is 0 Å². The van der Waals surface area contributed by atoms with Crippen molar-refractivity contribution in [1.29, 1.82) is 0 Å². The third-order valence-corrected chi connectivity index (χ3v) is 9.15. The van der Waals surface area contributed by atoms with Gasteiger partial charge in [-0.15, -0.1) is 0 Å². The van der Waals surface area contributed by atoms with Gasteiger partial charge in [0.1, 0.15) is 10.7 Å². The van der Waals surface area contributed by atoms with E-state index in [0.717, 1.165) is 12.1 Å². The molecular formula is C17H17Cl2FN2O4S2. The van der Waals surface area contributed by atoms with Crippen molar-refractivity contribution in [3.8, 4) is 0 Å². The molecule has 11 heteroatoms. The highest BCUT2D eigenvalue weighted by Gasteiger charge is 2.33. The number of halogens is 3. The first kappa shape index (κ1) is 21.5. The molecule has 1 aliphatic rings. The van der Waals surface area contributed by atoms with Crippen LogP contribution in [-0.4, -0.2) is 51.6 Å². The lowest BCUT2D eigenvalue weighted by atomic mass is 10.4. The summed E-state index contributed by atoms with van der Waals surface area (Å²) in [6, 6.07) is 8.93. The summed E-state index contributed by atoms with van der Waals surface area (Å²) in [7, 11) is -7.85. The zero-order chi connectivity index (χ0) is 20.5. The first-order valence-electron chi connectivity index (χ1n) is 8.34. The van der Waals surface area contributed by atoms with Crippen LogP contribution >= 0.6 is 23.2 Å². The Bertz CT molecular complexity index is 1060. The van der Waals surface area contributed by atoms with Crippen molar-refractivity contribution < 1.29 is 21.2 Å². The lowest BCUT2D eigenvalue weighted by molar-refractivity contribution is 0.404. The predicted molar refractivity (Wildman–Crippen MR) is 105 cm³/mol. The van der Waals surface area contributed by atoms with Gasteiger partial charge >= 0.3 is 0 Å². The molecular weight excluding hydrogens is 450 g/mol. The van der Waals surface area contributed by atoms with Gasteiger partial charge in [0.2, 0.25) is 20.0 Å². The molecule has 1 fully saturated rings. The van der Waals surface area contributed by atoms with E-state index in [0.29, 0.717) is 6.42 Å². The Morgan fingerprint density at radius 1 is 0.750 bits per heavy atom. The van der Waals surface area contributed by atoms with Gasteiger partial charge in [0.15, 0.2) is 0 Å². The molecule has 2 aromatic carbocycles. The van der Waals surface area contributed by atoms with E-state index in [4.69, 9.17) is 23.2 Å². The highest BCUT2D eigenvalue weighted by atomic mass is 35.5. The maximum atomic E-state index is 13.1. The van der Waals surface area contributed by atoms with Gasteiger partial charge in [0.05, 0.1) is 14.9 Å². The molecule has 0 atom stereocenters. The van der Waals surface area contributed by atoms with E-state index in [-0.39, 0.29) is 46.0 Å². The van der Waals surface area contributed by atoms with E-state index in [2.05, 4.69) is 0 Å². The molecule has 0 N–H and O–H groups in total. The standard InChI is InChI=1S/C17H17Cl2FN2O4S2/c18-15-3-1-4-16(19)17(15)28(25,26)22-10-2-9-21(11-12-22)27(23,24)14-7-5-13(20)6-8-14/h1,3-8H,2,9-12H2. The van der Waals surface area contributed by atoms with Gasteiger partial charge in [0, 0.05) is 26.2 Å². The maximum absolute atomic E-state index is 13.1. The molecule has 152 valence electrons. The summed E-state index contributed by atoms with van der Waals surface area (Å²) < 4.78 is 67.0. The van der Waals surface area contributed by atoms with Crippen molar-refractivity contribution in [1.82, 2.24) is 8.61 Å². The zero-order valence-corrected chi connectivity index (χ0v) is 17.7. The molecule has 28 heavy (non-hydrogen) atoms. The third-order valence-electron chi connectivity index (χ3n) is 4.38. The second-order valence-corrected chi connectivity index (χ2v) is 10.8. The minimum absolute atomic E-state index is 0.00698. The molecule has 6 nitrogen and oxygen atoms in total. The van der Waals surface area contributed by atoms with Crippen molar-refractivity contribution in [3.63, 3.8) is 0 Å². The topological polar surface area (TPSA) is 74.8 Å². The lowest BCUT2D eigenvalue weighted by Crippen LogP contribution is -2.37. The molecule has 1 heterocycles. The van der Waals surface area contributed by atoms with Crippen molar-refractivity contribution in [2.45, 2.75) is 16.2 Å². The smallest absolute Gasteiger partial charge is 0.207 e. The second-order valence-electron chi connectivity index (χ2n) is 6.17. The fourth-order valence-electron chi connectivity index (χ4n) is 2.96. The largest absolute Gasteiger partial charge is 0.246 e. The van der Waals surface area contributed by atoms with Gasteiger partial charge in [-0.3, -0.25) is 0 Å². The normalized spacial score (nSPS) is 17.4. The molecule has 0 amide bonds. The molecule has 0 saturated carbocycles. The van der Waals surface area contributed by atoms with Gasteiger partial charge < -0.3 is 0 Å². The third kappa shape index (κ3) is 4.19. The summed E-state index contributed by atoms with van der Waals surface area (Å²) in [6.07, 6.45) is 0.293. The van der Waals surface area contributed by atoms with Gasteiger partial charge in [-0.2, -0.15) is 8.61 Å². The Balaban J connectivity index is 1.84. The van der Waals surface area contributed by atoms with Crippen LogP contribution in [0.2, 0.25) is 10.0 Å². The molecule has 0 unspecified atom stereocenters. The molecule has 2 aromatic rings. The van der Waals surface area contributed by atoms with Gasteiger partial charge in [0.25, 0.3) is 0 Å². The molecule has 0 aromatic heterocycles. The van der Waals surface area contributed by atoms with Crippen LogP contribution < -0.4 is 0 Å². The summed E-state index contributed by atoms with van der Waals surface area (Å²) in [5.74, 6) is -0.538. The fraction of sp³-hybridized carbons (Fsp3) is 0.294. The number of hydrogen-bond acceptors (Lipinski definition) is 4. The average molecular weight is 467 g/mol. The Hall–Kier alpha value is -1.23. The van der Waals surface area contributed by atoms with Crippen LogP contribution in [0.4, 0.5) is 4.39 Å². The van der Waals surface area contributed by atoms with E-state index in [9.17, 15) is 21.2 Å². The molecule has 3 rings (SSSR count). The Kier molecular flexibility index (Phi) is 6.33. The Morgan fingerprint density at radius 2 is 1.25 bits per heavy atom. The minimum atomic E-state index is -3.99. The Labute approximate surface area is 173 Å². The van der Waals surface area contributed by atoms with Gasteiger partial charge in [-0.1, -0.05) is 29.3 Å². The lowest BCUT2D eigenvalue weighted by Gasteiger charge is -2.22. The molecule has 0 aliphatic carbocycles. The quantitative estimate of drug-likeness (QED) is 0.692. The number of hydrogen-bond donors (Lipinski definition) is 0. The minimum Gasteiger partial charge on any atom is -0.207 e. The zero-order valence-electron chi connectivity index (χ0n) is 14.6. The van der Waals surface area contributed by atoms with Crippen LogP contribution in [0.5, 0.6) is 0 Å². The highest BCUT2D eigenvalue weighted by Crippen LogP contribution is 2.32. The van der Waals surface area contributed by atoms with E-state index in [1.165, 1.54) is 32.9 Å². The molecule has 1 saturated heterocycles. The first-order valence-corrected chi connectivity index (χ1v) is 12.0. The average Bonchev–Trinajstić information content (AvgIpc) is 2.89. The number of sulfonamides is 2. The first-order chi connectivity index (χ1) is 13.1. The molecule has 0 radical (unpaired) electrons. The van der Waals surface area contributed by atoms with E-state index < -0.39 is 25.9 Å². The van der Waals surface area contributed by atoms with Crippen LogP contribution in [0, 0.1) is 5.82 Å². The second kappa shape index (κ2) is 8.25. The summed E-state index contributed by atoms with van der Waals surface area (Å²) >= 11 is 12.1. The molecule has 0 spiro atoms. The summed E-state index contributed by atoms with van der Waals surface area (Å²) in [5.41, 5.74) is 0. The van der Waals surface area contributed by atoms with Crippen LogP contribution in [0.15, 0.2) is 52.3 Å². The van der Waals surface area contributed by atoms with E-state index in [1.54, 1.807) is 6.07 Å². The molecule has 0 bridgehead atoms. The van der Waals surface area contributed by atoms with Crippen LogP contribution in [0.3, 0.4) is 0 Å². The van der Waals surface area contributed by atoms with Crippen LogP contribution in [-0.2, 0) is 20.0 Å². The highest BCUT2D eigenvalue weighted by molar-refractivity contribution is 7.89. The Morgan fingerprint density at radius 3 is 1.79 bits per heavy atom. The summed E-state index contributed by atoms with van der Waals surface area (Å²) in [5, 5.41) is 0.0140. The summed E-state index contributed by atoms with van der Waals surface area (Å²) in [6.45, 7) is 0.173. The number of rotatable bonds is 4. The van der Waals surface area contributed by atoms with Crippen LogP contribution in [0.1, 0.15) is 6.42 Å². The van der Waals surface area contributed by atoms with Crippen LogP contribution in [0.25, 0.3) is 0 Å².